The van der Waals surface area contributed by atoms with Crippen LogP contribution in [0.4, 0.5) is 4.79 Å². The van der Waals surface area contributed by atoms with Gasteiger partial charge in [-0.2, -0.15) is 9.98 Å². The van der Waals surface area contributed by atoms with Crippen molar-refractivity contribution in [2.75, 3.05) is 0 Å². The van der Waals surface area contributed by atoms with E-state index < -0.39 is 12.3 Å². The van der Waals surface area contributed by atoms with Gasteiger partial charge in [-0.1, -0.05) is 0 Å². The summed E-state index contributed by atoms with van der Waals surface area (Å²) in [6.45, 7) is 0. The van der Waals surface area contributed by atoms with Crippen LogP contribution in [0.2, 0.25) is 0 Å². The van der Waals surface area contributed by atoms with E-state index in [-0.39, 0.29) is 5.71 Å². The van der Waals surface area contributed by atoms with E-state index in [1.807, 2.05) is 0 Å². The van der Waals surface area contributed by atoms with Crippen LogP contribution in [0.3, 0.4) is 0 Å². The highest BCUT2D eigenvalue weighted by Crippen LogP contribution is 1.94. The second-order valence-corrected chi connectivity index (χ2v) is 1.45. The molecule has 0 aromatic heterocycles. The fraction of sp³-hybridized carbons (Fsp3) is 0.250. The zero-order chi connectivity index (χ0) is 6.85. The molecule has 0 aromatic carbocycles. The molecule has 1 heterocycles. The molecule has 0 saturated heterocycles. The zero-order valence-electron chi connectivity index (χ0n) is 4.35. The number of carbonyl (C=O) groups is 1. The number of amides is 2. The van der Waals surface area contributed by atoms with Crippen molar-refractivity contribution in [1.29, 1.82) is 0 Å². The number of hydrogen-bond acceptors (Lipinski definition) is 3. The van der Waals surface area contributed by atoms with Crippen LogP contribution in [0.5, 0.6) is 0 Å². The standard InChI is InChI=1S/C4H4N2O3/c7-3(8)2-1-5-4(9)6-2/h1,3,7-8H. The molecule has 0 fully saturated rings. The third-order valence-electron chi connectivity index (χ3n) is 0.797. The Morgan fingerprint density at radius 1 is 1.56 bits per heavy atom. The Bertz CT molecular complexity index is 194. The molecule has 1 aliphatic rings. The Balaban J connectivity index is 2.75. The second kappa shape index (κ2) is 2.04. The molecule has 1 aliphatic heterocycles. The van der Waals surface area contributed by atoms with Crippen molar-refractivity contribution in [3.05, 3.63) is 0 Å². The first-order valence-corrected chi connectivity index (χ1v) is 2.23. The van der Waals surface area contributed by atoms with Crippen molar-refractivity contribution in [2.24, 2.45) is 9.98 Å². The number of urea groups is 1. The van der Waals surface area contributed by atoms with Gasteiger partial charge in [0, 0.05) is 0 Å². The van der Waals surface area contributed by atoms with Gasteiger partial charge in [0.05, 0.1) is 6.21 Å². The molecule has 2 N–H and O–H groups in total. The maximum atomic E-state index is 10.2. The largest absolute Gasteiger partial charge is 0.367 e. The Kier molecular flexibility index (Phi) is 1.37. The van der Waals surface area contributed by atoms with E-state index in [0.717, 1.165) is 6.21 Å². The smallest absolute Gasteiger partial charge is 0.363 e. The van der Waals surface area contributed by atoms with E-state index in [4.69, 9.17) is 10.2 Å². The molecule has 0 atom stereocenters. The first-order chi connectivity index (χ1) is 4.20. The van der Waals surface area contributed by atoms with E-state index in [1.165, 1.54) is 0 Å². The highest BCUT2D eigenvalue weighted by molar-refractivity contribution is 6.38. The lowest BCUT2D eigenvalue weighted by molar-refractivity contribution is 0.0217. The average Bonchev–Trinajstić information content (AvgIpc) is 2.14. The highest BCUT2D eigenvalue weighted by atomic mass is 16.5. The predicted octanol–water partition coefficient (Wildman–Crippen LogP) is -1.06. The molecule has 2 amide bonds. The van der Waals surface area contributed by atoms with Crippen LogP contribution in [-0.2, 0) is 0 Å². The van der Waals surface area contributed by atoms with Crippen molar-refractivity contribution in [3.63, 3.8) is 0 Å². The van der Waals surface area contributed by atoms with Crippen LogP contribution in [0.15, 0.2) is 9.98 Å². The Morgan fingerprint density at radius 3 is 2.44 bits per heavy atom. The van der Waals surface area contributed by atoms with E-state index in [2.05, 4.69) is 9.98 Å². The van der Waals surface area contributed by atoms with E-state index in [0.29, 0.717) is 0 Å². The molecule has 1 rings (SSSR count). The van der Waals surface area contributed by atoms with Gasteiger partial charge in [0.2, 0.25) is 0 Å². The van der Waals surface area contributed by atoms with Crippen LogP contribution in [0.25, 0.3) is 0 Å². The third-order valence-corrected chi connectivity index (χ3v) is 0.797. The normalized spacial score (nSPS) is 17.2. The summed E-state index contributed by atoms with van der Waals surface area (Å²) in [6.07, 6.45) is -0.673. The van der Waals surface area contributed by atoms with Crippen LogP contribution < -0.4 is 0 Å². The summed E-state index contributed by atoms with van der Waals surface area (Å²) in [4.78, 5) is 16.4. The van der Waals surface area contributed by atoms with Gasteiger partial charge in [0.25, 0.3) is 0 Å². The fourth-order valence-electron chi connectivity index (χ4n) is 0.414. The molecule has 0 saturated carbocycles. The van der Waals surface area contributed by atoms with Gasteiger partial charge in [0.15, 0.2) is 6.29 Å². The molecule has 48 valence electrons. The van der Waals surface area contributed by atoms with Crippen LogP contribution in [-0.4, -0.2) is 34.5 Å². The zero-order valence-corrected chi connectivity index (χ0v) is 4.35. The lowest BCUT2D eigenvalue weighted by Crippen LogP contribution is -2.18. The van der Waals surface area contributed by atoms with Crippen molar-refractivity contribution < 1.29 is 15.0 Å². The maximum Gasteiger partial charge on any atom is 0.367 e. The average molecular weight is 128 g/mol. The lowest BCUT2D eigenvalue weighted by atomic mass is 10.4. The summed E-state index contributed by atoms with van der Waals surface area (Å²) in [7, 11) is 0. The first kappa shape index (κ1) is 6.06. The predicted molar refractivity (Wildman–Crippen MR) is 29.5 cm³/mol. The van der Waals surface area contributed by atoms with E-state index in [1.54, 1.807) is 0 Å². The summed E-state index contributed by atoms with van der Waals surface area (Å²) in [5.41, 5.74) is -0.111. The quantitative estimate of drug-likeness (QED) is 0.441. The molecular formula is C4H4N2O3. The van der Waals surface area contributed by atoms with Gasteiger partial charge in [-0.25, -0.2) is 4.79 Å². The topological polar surface area (TPSA) is 82.2 Å². The first-order valence-electron chi connectivity index (χ1n) is 2.23. The molecule has 0 aliphatic carbocycles. The van der Waals surface area contributed by atoms with Gasteiger partial charge in [-0.05, 0) is 0 Å². The van der Waals surface area contributed by atoms with Gasteiger partial charge in [0.1, 0.15) is 5.71 Å². The molecule has 5 nitrogen and oxygen atoms in total. The Hall–Kier alpha value is -1.07. The molecule has 0 aromatic rings. The van der Waals surface area contributed by atoms with Crippen molar-refractivity contribution >= 4 is 18.0 Å². The van der Waals surface area contributed by atoms with Crippen molar-refractivity contribution in [3.8, 4) is 0 Å². The SMILES string of the molecule is O=C1N=CC(C(O)O)=N1. The van der Waals surface area contributed by atoms with Gasteiger partial charge in [-0.3, -0.25) is 0 Å². The Labute approximate surface area is 50.4 Å². The monoisotopic (exact) mass is 128 g/mol. The van der Waals surface area contributed by atoms with Gasteiger partial charge < -0.3 is 10.2 Å². The van der Waals surface area contributed by atoms with E-state index >= 15 is 0 Å². The summed E-state index contributed by atoms with van der Waals surface area (Å²) in [5.74, 6) is 0. The second-order valence-electron chi connectivity index (χ2n) is 1.45. The summed E-state index contributed by atoms with van der Waals surface area (Å²) >= 11 is 0. The molecular weight excluding hydrogens is 124 g/mol. The number of nitrogens with zero attached hydrogens (tertiary/aromatic N) is 2. The van der Waals surface area contributed by atoms with Crippen LogP contribution in [0.1, 0.15) is 0 Å². The minimum absolute atomic E-state index is 0.111. The summed E-state index contributed by atoms with van der Waals surface area (Å²) < 4.78 is 0. The number of hydrogen-bond donors (Lipinski definition) is 2. The molecule has 5 heteroatoms. The van der Waals surface area contributed by atoms with Crippen LogP contribution in [0, 0.1) is 0 Å². The molecule has 0 unspecified atom stereocenters. The number of aliphatic hydroxyl groups is 2. The molecule has 9 heavy (non-hydrogen) atoms. The summed E-state index contributed by atoms with van der Waals surface area (Å²) in [5, 5.41) is 16.7. The minimum atomic E-state index is -1.69. The summed E-state index contributed by atoms with van der Waals surface area (Å²) in [6, 6.07) is -0.696. The van der Waals surface area contributed by atoms with Gasteiger partial charge >= 0.3 is 6.03 Å². The number of aliphatic imine (C=N–C) groups is 2. The highest BCUT2D eigenvalue weighted by Gasteiger charge is 2.13. The van der Waals surface area contributed by atoms with Crippen LogP contribution >= 0.6 is 0 Å². The maximum absolute atomic E-state index is 10.2. The number of aliphatic hydroxyl groups excluding tert-OH is 1. The van der Waals surface area contributed by atoms with E-state index in [9.17, 15) is 4.79 Å². The van der Waals surface area contributed by atoms with Crippen molar-refractivity contribution in [2.45, 2.75) is 6.29 Å². The molecule has 0 radical (unpaired) electrons. The minimum Gasteiger partial charge on any atom is -0.363 e. The number of rotatable bonds is 1. The van der Waals surface area contributed by atoms with Gasteiger partial charge in [-0.15, -0.1) is 0 Å². The lowest BCUT2D eigenvalue weighted by Gasteiger charge is -1.94. The van der Waals surface area contributed by atoms with Crippen molar-refractivity contribution in [1.82, 2.24) is 0 Å². The molecule has 0 bridgehead atoms. The third kappa shape index (κ3) is 1.18. The Morgan fingerprint density at radius 2 is 2.22 bits per heavy atom. The fourth-order valence-corrected chi connectivity index (χ4v) is 0.414. The number of carbonyl (C=O) groups excluding carboxylic acids is 1. The molecule has 0 spiro atoms.